The summed E-state index contributed by atoms with van der Waals surface area (Å²) in [6, 6.07) is 3.48. The zero-order chi connectivity index (χ0) is 27.2. The third kappa shape index (κ3) is 10.3. The lowest BCUT2D eigenvalue weighted by Crippen LogP contribution is -2.55. The molecule has 0 aliphatic heterocycles. The van der Waals surface area contributed by atoms with E-state index in [1.165, 1.54) is 12.1 Å². The minimum absolute atomic E-state index is 0.0711. The minimum atomic E-state index is -3.39. The van der Waals surface area contributed by atoms with E-state index in [2.05, 4.69) is 16.0 Å². The second-order valence-electron chi connectivity index (χ2n) is 10.2. The molecule has 2 aliphatic carbocycles. The van der Waals surface area contributed by atoms with Crippen molar-refractivity contribution in [3.8, 4) is 0 Å². The summed E-state index contributed by atoms with van der Waals surface area (Å²) >= 11 is 0.267. The van der Waals surface area contributed by atoms with E-state index in [0.717, 1.165) is 18.4 Å². The molecule has 0 saturated heterocycles. The third-order valence-electron chi connectivity index (χ3n) is 6.29. The fraction of sp³-hybridized carbons (Fsp3) is 0.654. The van der Waals surface area contributed by atoms with Gasteiger partial charge in [-0.25, -0.2) is 8.78 Å². The van der Waals surface area contributed by atoms with E-state index < -0.39 is 60.2 Å². The standard InChI is InChI=1S/C26H35F4N3O3S/c1-3-4-20(22(34)24(36)32-18-9-10-18)33-23(35)21(14-25(27,28)13-17-7-8-17)31-15-26(29,30)37-19-11-5-16(2)6-12-19/h5-6,11-12,17-18,20-21,31H,3-4,7-10,13-15H2,1-2H3,(H,32,36)(H,33,35)/t20-,21-/m0/s1. The summed E-state index contributed by atoms with van der Waals surface area (Å²) in [4.78, 5) is 38.2. The quantitative estimate of drug-likeness (QED) is 0.161. The summed E-state index contributed by atoms with van der Waals surface area (Å²) < 4.78 is 58.8. The molecule has 3 N–H and O–H groups in total. The van der Waals surface area contributed by atoms with Crippen LogP contribution in [0.15, 0.2) is 29.2 Å². The molecule has 3 rings (SSSR count). The summed E-state index contributed by atoms with van der Waals surface area (Å²) in [6.07, 6.45) is 2.03. The molecule has 11 heteroatoms. The SMILES string of the molecule is CCC[C@H](NC(=O)[C@H](CC(F)(F)CC1CC1)NCC(F)(F)Sc1ccc(C)cc1)C(=O)C(=O)NC1CC1. The Hall–Kier alpha value is -2.14. The number of benzene rings is 1. The van der Waals surface area contributed by atoms with Gasteiger partial charge in [0, 0.05) is 23.8 Å². The number of ketones is 1. The molecule has 0 aromatic heterocycles. The Kier molecular flexibility index (Phi) is 10.0. The molecule has 0 bridgehead atoms. The van der Waals surface area contributed by atoms with Crippen LogP contribution in [-0.4, -0.2) is 53.4 Å². The number of carbonyl (C=O) groups excluding carboxylic acids is 3. The highest BCUT2D eigenvalue weighted by atomic mass is 32.2. The van der Waals surface area contributed by atoms with Crippen LogP contribution < -0.4 is 16.0 Å². The molecule has 2 saturated carbocycles. The van der Waals surface area contributed by atoms with Crippen LogP contribution in [0.5, 0.6) is 0 Å². The monoisotopic (exact) mass is 545 g/mol. The van der Waals surface area contributed by atoms with Gasteiger partial charge in [-0.05, 0) is 57.1 Å². The van der Waals surface area contributed by atoms with Crippen molar-refractivity contribution < 1.29 is 31.9 Å². The predicted molar refractivity (Wildman–Crippen MR) is 134 cm³/mol. The van der Waals surface area contributed by atoms with Crippen LogP contribution in [0.4, 0.5) is 17.6 Å². The molecule has 0 unspecified atom stereocenters. The first kappa shape index (κ1) is 29.4. The van der Waals surface area contributed by atoms with Gasteiger partial charge in [0.25, 0.3) is 5.91 Å². The average molecular weight is 546 g/mol. The van der Waals surface area contributed by atoms with E-state index in [4.69, 9.17) is 0 Å². The van der Waals surface area contributed by atoms with Gasteiger partial charge in [0.1, 0.15) is 0 Å². The van der Waals surface area contributed by atoms with Gasteiger partial charge in [0.05, 0.1) is 18.6 Å². The summed E-state index contributed by atoms with van der Waals surface area (Å²) in [5.74, 6) is -6.10. The molecule has 2 fully saturated rings. The molecule has 2 atom stereocenters. The summed E-state index contributed by atoms with van der Waals surface area (Å²) in [7, 11) is 0. The van der Waals surface area contributed by atoms with Gasteiger partial charge >= 0.3 is 5.25 Å². The number of amides is 2. The predicted octanol–water partition coefficient (Wildman–Crippen LogP) is 4.60. The van der Waals surface area contributed by atoms with Gasteiger partial charge in [-0.2, -0.15) is 8.78 Å². The first-order chi connectivity index (χ1) is 17.4. The van der Waals surface area contributed by atoms with Crippen molar-refractivity contribution in [3.05, 3.63) is 29.8 Å². The molecule has 2 aliphatic rings. The van der Waals surface area contributed by atoms with Crippen molar-refractivity contribution >= 4 is 29.4 Å². The number of hydrogen-bond acceptors (Lipinski definition) is 5. The Labute approximate surface area is 219 Å². The van der Waals surface area contributed by atoms with Gasteiger partial charge in [-0.3, -0.25) is 19.7 Å². The largest absolute Gasteiger partial charge is 0.347 e. The van der Waals surface area contributed by atoms with Crippen molar-refractivity contribution in [1.29, 1.82) is 0 Å². The Morgan fingerprint density at radius 2 is 1.68 bits per heavy atom. The Balaban J connectivity index is 1.67. The van der Waals surface area contributed by atoms with E-state index in [1.54, 1.807) is 19.1 Å². The third-order valence-corrected chi connectivity index (χ3v) is 7.24. The first-order valence-electron chi connectivity index (χ1n) is 12.8. The number of halogens is 4. The molecule has 1 aromatic rings. The summed E-state index contributed by atoms with van der Waals surface area (Å²) in [5.41, 5.74) is 0.905. The van der Waals surface area contributed by atoms with Crippen LogP contribution in [0.3, 0.4) is 0 Å². The second-order valence-corrected chi connectivity index (χ2v) is 11.4. The van der Waals surface area contributed by atoms with E-state index >= 15 is 0 Å². The van der Waals surface area contributed by atoms with Gasteiger partial charge in [0.15, 0.2) is 0 Å². The fourth-order valence-electron chi connectivity index (χ4n) is 3.91. The molecule has 0 heterocycles. The van der Waals surface area contributed by atoms with E-state index in [-0.39, 0.29) is 30.1 Å². The maximum absolute atomic E-state index is 14.7. The molecule has 0 radical (unpaired) electrons. The van der Waals surface area contributed by atoms with Crippen LogP contribution in [0, 0.1) is 12.8 Å². The van der Waals surface area contributed by atoms with Crippen molar-refractivity contribution in [1.82, 2.24) is 16.0 Å². The molecular formula is C26H35F4N3O3S. The number of alkyl halides is 4. The average Bonchev–Trinajstić information content (AvgIpc) is 3.75. The summed E-state index contributed by atoms with van der Waals surface area (Å²) in [5, 5.41) is 3.87. The normalized spacial score (nSPS) is 17.7. The maximum atomic E-state index is 14.7. The van der Waals surface area contributed by atoms with Gasteiger partial charge < -0.3 is 10.6 Å². The van der Waals surface area contributed by atoms with Crippen molar-refractivity contribution in [2.45, 2.75) is 99.4 Å². The van der Waals surface area contributed by atoms with Crippen LogP contribution in [-0.2, 0) is 14.4 Å². The van der Waals surface area contributed by atoms with Crippen molar-refractivity contribution in [3.63, 3.8) is 0 Å². The van der Waals surface area contributed by atoms with E-state index in [0.29, 0.717) is 24.2 Å². The maximum Gasteiger partial charge on any atom is 0.310 e. The zero-order valence-electron chi connectivity index (χ0n) is 21.1. The molecule has 2 amide bonds. The van der Waals surface area contributed by atoms with Crippen LogP contribution >= 0.6 is 11.8 Å². The molecule has 1 aromatic carbocycles. The van der Waals surface area contributed by atoms with E-state index in [1.807, 2.05) is 6.92 Å². The minimum Gasteiger partial charge on any atom is -0.347 e. The highest BCUT2D eigenvalue weighted by Gasteiger charge is 2.43. The Bertz CT molecular complexity index is 953. The Morgan fingerprint density at radius 1 is 1.03 bits per heavy atom. The molecule has 37 heavy (non-hydrogen) atoms. The molecule has 6 nitrogen and oxygen atoms in total. The second kappa shape index (κ2) is 12.6. The van der Waals surface area contributed by atoms with Crippen LogP contribution in [0.1, 0.15) is 63.9 Å². The van der Waals surface area contributed by atoms with Gasteiger partial charge in [0.2, 0.25) is 17.6 Å². The smallest absolute Gasteiger partial charge is 0.310 e. The number of carbonyl (C=O) groups is 3. The van der Waals surface area contributed by atoms with Gasteiger partial charge in [-0.1, -0.05) is 42.8 Å². The number of nitrogens with one attached hydrogen (secondary N) is 3. The van der Waals surface area contributed by atoms with Crippen molar-refractivity contribution in [2.75, 3.05) is 6.54 Å². The lowest BCUT2D eigenvalue weighted by molar-refractivity contribution is -0.140. The number of thioether (sulfide) groups is 1. The zero-order valence-corrected chi connectivity index (χ0v) is 21.9. The van der Waals surface area contributed by atoms with Crippen LogP contribution in [0.25, 0.3) is 0 Å². The molecular weight excluding hydrogens is 510 g/mol. The highest BCUT2D eigenvalue weighted by molar-refractivity contribution is 8.00. The number of rotatable bonds is 16. The molecule has 0 spiro atoms. The summed E-state index contributed by atoms with van der Waals surface area (Å²) in [6.45, 7) is 2.54. The Morgan fingerprint density at radius 3 is 2.24 bits per heavy atom. The topological polar surface area (TPSA) is 87.3 Å². The highest BCUT2D eigenvalue weighted by Crippen LogP contribution is 2.41. The first-order valence-corrected chi connectivity index (χ1v) is 13.6. The lowest BCUT2D eigenvalue weighted by Gasteiger charge is -2.27. The number of aryl methyl sites for hydroxylation is 1. The molecule has 206 valence electrons. The fourth-order valence-corrected chi connectivity index (χ4v) is 4.69. The number of hydrogen-bond donors (Lipinski definition) is 3. The van der Waals surface area contributed by atoms with Crippen molar-refractivity contribution in [2.24, 2.45) is 5.92 Å². The van der Waals surface area contributed by atoms with Crippen LogP contribution in [0.2, 0.25) is 0 Å². The number of Topliss-reactive ketones (excluding diaryl/α,β-unsaturated/α-hetero) is 1. The van der Waals surface area contributed by atoms with Gasteiger partial charge in [-0.15, -0.1) is 0 Å². The van der Waals surface area contributed by atoms with E-state index in [9.17, 15) is 31.9 Å². The lowest BCUT2D eigenvalue weighted by atomic mass is 10.0.